The number of carbonyl (C=O) groups is 2. The van der Waals surface area contributed by atoms with E-state index in [1.165, 1.54) is 0 Å². The number of rotatable bonds is 10. The summed E-state index contributed by atoms with van der Waals surface area (Å²) in [6.45, 7) is 9.63. The van der Waals surface area contributed by atoms with E-state index in [2.05, 4.69) is 6.92 Å². The first kappa shape index (κ1) is 18.9. The van der Waals surface area contributed by atoms with E-state index in [0.717, 1.165) is 19.3 Å². The van der Waals surface area contributed by atoms with E-state index in [9.17, 15) is 19.8 Å². The summed E-state index contributed by atoms with van der Waals surface area (Å²) in [4.78, 5) is 23.8. The Kier molecular flexibility index (Phi) is 7.25. The molecule has 2 N–H and O–H groups in total. The molecule has 0 amide bonds. The second-order valence-corrected chi connectivity index (χ2v) is 5.63. The third-order valence-electron chi connectivity index (χ3n) is 5.28. The summed E-state index contributed by atoms with van der Waals surface area (Å²) < 4.78 is 0. The SMILES string of the molecule is CCCC(CC)C(CC)(CC)C(CC)(C(=O)O)C(=O)O. The average Bonchev–Trinajstić information content (AvgIpc) is 2.41. The van der Waals surface area contributed by atoms with E-state index in [1.807, 2.05) is 20.8 Å². The molecule has 1 unspecified atom stereocenters. The number of hydrogen-bond acceptors (Lipinski definition) is 2. The highest BCUT2D eigenvalue weighted by atomic mass is 16.4. The monoisotopic (exact) mass is 286 g/mol. The van der Waals surface area contributed by atoms with Crippen molar-refractivity contribution in [2.45, 2.75) is 73.1 Å². The Morgan fingerprint density at radius 2 is 1.35 bits per heavy atom. The maximum Gasteiger partial charge on any atom is 0.321 e. The van der Waals surface area contributed by atoms with Crippen LogP contribution >= 0.6 is 0 Å². The fraction of sp³-hybridized carbons (Fsp3) is 0.875. The van der Waals surface area contributed by atoms with Crippen molar-refractivity contribution in [2.75, 3.05) is 0 Å². The predicted molar refractivity (Wildman–Crippen MR) is 79.7 cm³/mol. The second kappa shape index (κ2) is 7.65. The van der Waals surface area contributed by atoms with Gasteiger partial charge in [0.15, 0.2) is 5.41 Å². The van der Waals surface area contributed by atoms with Gasteiger partial charge in [-0.1, -0.05) is 53.9 Å². The molecular weight excluding hydrogens is 256 g/mol. The van der Waals surface area contributed by atoms with Gasteiger partial charge >= 0.3 is 11.9 Å². The molecule has 0 aromatic heterocycles. The minimum Gasteiger partial charge on any atom is -0.480 e. The van der Waals surface area contributed by atoms with Crippen LogP contribution < -0.4 is 0 Å². The Bertz CT molecular complexity index is 317. The lowest BCUT2D eigenvalue weighted by Gasteiger charge is -2.49. The van der Waals surface area contributed by atoms with Gasteiger partial charge in [0.05, 0.1) is 0 Å². The minimum atomic E-state index is -1.69. The molecule has 0 aliphatic heterocycles. The molecule has 0 aliphatic rings. The summed E-state index contributed by atoms with van der Waals surface area (Å²) >= 11 is 0. The molecule has 118 valence electrons. The Morgan fingerprint density at radius 1 is 0.900 bits per heavy atom. The maximum absolute atomic E-state index is 11.9. The first-order chi connectivity index (χ1) is 9.34. The fourth-order valence-electron chi connectivity index (χ4n) is 4.17. The van der Waals surface area contributed by atoms with Crippen molar-refractivity contribution in [3.05, 3.63) is 0 Å². The Labute approximate surface area is 122 Å². The minimum absolute atomic E-state index is 0.120. The molecule has 0 rings (SSSR count). The van der Waals surface area contributed by atoms with Crippen LogP contribution in [0, 0.1) is 16.7 Å². The van der Waals surface area contributed by atoms with Gasteiger partial charge < -0.3 is 10.2 Å². The van der Waals surface area contributed by atoms with Crippen LogP contribution in [0.3, 0.4) is 0 Å². The van der Waals surface area contributed by atoms with Crippen molar-refractivity contribution in [1.82, 2.24) is 0 Å². The topological polar surface area (TPSA) is 74.6 Å². The van der Waals surface area contributed by atoms with Crippen molar-refractivity contribution < 1.29 is 19.8 Å². The maximum atomic E-state index is 11.9. The highest BCUT2D eigenvalue weighted by Crippen LogP contribution is 2.55. The molecule has 0 bridgehead atoms. The van der Waals surface area contributed by atoms with Crippen LogP contribution in [-0.4, -0.2) is 22.2 Å². The van der Waals surface area contributed by atoms with E-state index < -0.39 is 22.8 Å². The molecule has 0 heterocycles. The van der Waals surface area contributed by atoms with Gasteiger partial charge in [0.2, 0.25) is 0 Å². The normalized spacial score (nSPS) is 14.1. The molecule has 0 radical (unpaired) electrons. The van der Waals surface area contributed by atoms with Crippen LogP contribution in [-0.2, 0) is 9.59 Å². The summed E-state index contributed by atoms with van der Waals surface area (Å²) in [5, 5.41) is 19.4. The van der Waals surface area contributed by atoms with Gasteiger partial charge in [-0.05, 0) is 30.6 Å². The highest BCUT2D eigenvalue weighted by Gasteiger charge is 2.61. The summed E-state index contributed by atoms with van der Waals surface area (Å²) in [5.74, 6) is -2.26. The Balaban J connectivity index is 6.18. The van der Waals surface area contributed by atoms with Gasteiger partial charge in [-0.25, -0.2) is 0 Å². The molecule has 0 saturated heterocycles. The molecule has 0 aromatic carbocycles. The predicted octanol–water partition coefficient (Wildman–Crippen LogP) is 4.18. The molecule has 0 aliphatic carbocycles. The van der Waals surface area contributed by atoms with Gasteiger partial charge in [0.1, 0.15) is 0 Å². The van der Waals surface area contributed by atoms with Gasteiger partial charge in [0, 0.05) is 0 Å². The first-order valence-corrected chi connectivity index (χ1v) is 7.81. The van der Waals surface area contributed by atoms with E-state index in [-0.39, 0.29) is 12.3 Å². The van der Waals surface area contributed by atoms with Gasteiger partial charge in [0.25, 0.3) is 0 Å². The number of carboxylic acid groups (broad SMARTS) is 2. The summed E-state index contributed by atoms with van der Waals surface area (Å²) in [6.07, 6.45) is 3.92. The van der Waals surface area contributed by atoms with E-state index in [0.29, 0.717) is 12.8 Å². The van der Waals surface area contributed by atoms with Crippen LogP contribution in [0.5, 0.6) is 0 Å². The van der Waals surface area contributed by atoms with Crippen LogP contribution in [0.25, 0.3) is 0 Å². The van der Waals surface area contributed by atoms with Gasteiger partial charge in [-0.15, -0.1) is 0 Å². The third kappa shape index (κ3) is 2.70. The molecule has 20 heavy (non-hydrogen) atoms. The molecule has 1 atom stereocenters. The van der Waals surface area contributed by atoms with E-state index >= 15 is 0 Å². The molecule has 4 nitrogen and oxygen atoms in total. The zero-order valence-corrected chi connectivity index (χ0v) is 13.5. The third-order valence-corrected chi connectivity index (χ3v) is 5.28. The number of carboxylic acids is 2. The number of aliphatic carboxylic acids is 2. The van der Waals surface area contributed by atoms with Crippen molar-refractivity contribution in [1.29, 1.82) is 0 Å². The molecule has 0 fully saturated rings. The van der Waals surface area contributed by atoms with Crippen LogP contribution in [0.4, 0.5) is 0 Å². The average molecular weight is 286 g/mol. The molecule has 0 saturated carbocycles. The molecular formula is C16H30O4. The van der Waals surface area contributed by atoms with Crippen LogP contribution in [0.15, 0.2) is 0 Å². The van der Waals surface area contributed by atoms with Crippen molar-refractivity contribution in [3.63, 3.8) is 0 Å². The van der Waals surface area contributed by atoms with Crippen molar-refractivity contribution in [2.24, 2.45) is 16.7 Å². The standard InChI is InChI=1S/C16H30O4/c1-6-11-12(7-2)15(8-3,9-4)16(10-5,13(17)18)14(19)20/h12H,6-11H2,1-5H3,(H,17,18)(H,19,20). The molecule has 0 aromatic rings. The van der Waals surface area contributed by atoms with Gasteiger partial charge in [-0.2, -0.15) is 0 Å². The fourth-order valence-corrected chi connectivity index (χ4v) is 4.17. The van der Waals surface area contributed by atoms with E-state index in [4.69, 9.17) is 0 Å². The lowest BCUT2D eigenvalue weighted by atomic mass is 9.52. The van der Waals surface area contributed by atoms with Crippen molar-refractivity contribution in [3.8, 4) is 0 Å². The Hall–Kier alpha value is -1.06. The number of hydrogen-bond donors (Lipinski definition) is 2. The van der Waals surface area contributed by atoms with Crippen LogP contribution in [0.1, 0.15) is 73.1 Å². The zero-order valence-electron chi connectivity index (χ0n) is 13.5. The highest BCUT2D eigenvalue weighted by molar-refractivity contribution is 5.99. The van der Waals surface area contributed by atoms with Crippen molar-refractivity contribution >= 4 is 11.9 Å². The molecule has 0 spiro atoms. The largest absolute Gasteiger partial charge is 0.480 e. The lowest BCUT2D eigenvalue weighted by Crippen LogP contribution is -2.56. The quantitative estimate of drug-likeness (QED) is 0.591. The smallest absolute Gasteiger partial charge is 0.321 e. The summed E-state index contributed by atoms with van der Waals surface area (Å²) in [7, 11) is 0. The second-order valence-electron chi connectivity index (χ2n) is 5.63. The van der Waals surface area contributed by atoms with Gasteiger partial charge in [-0.3, -0.25) is 9.59 Å². The molecule has 4 heteroatoms. The van der Waals surface area contributed by atoms with Crippen LogP contribution in [0.2, 0.25) is 0 Å². The zero-order chi connectivity index (χ0) is 16.0. The lowest BCUT2D eigenvalue weighted by molar-refractivity contribution is -0.183. The Morgan fingerprint density at radius 3 is 1.55 bits per heavy atom. The summed E-state index contributed by atoms with van der Waals surface area (Å²) in [5.41, 5.74) is -2.38. The first-order valence-electron chi connectivity index (χ1n) is 7.81. The van der Waals surface area contributed by atoms with E-state index in [1.54, 1.807) is 6.92 Å². The summed E-state index contributed by atoms with van der Waals surface area (Å²) in [6, 6.07) is 0.